The minimum Gasteiger partial charge on any atom is -0.462 e. The van der Waals surface area contributed by atoms with E-state index in [1.165, 1.54) is 0 Å². The van der Waals surface area contributed by atoms with Crippen molar-refractivity contribution in [2.24, 2.45) is 23.2 Å². The number of hydrogen-bond acceptors (Lipinski definition) is 5. The van der Waals surface area contributed by atoms with Crippen LogP contribution >= 0.6 is 0 Å². The summed E-state index contributed by atoms with van der Waals surface area (Å²) in [6, 6.07) is 0. The molecule has 3 rings (SSSR count). The van der Waals surface area contributed by atoms with Crippen molar-refractivity contribution in [1.29, 1.82) is 0 Å². The molecule has 1 saturated heterocycles. The number of carbonyl (C=O) groups excluding carboxylic acids is 1. The molecule has 0 aromatic rings. The number of hydrogen-bond donors (Lipinski definition) is 2. The number of esters is 1. The normalized spacial score (nSPS) is 46.2. The Morgan fingerprint density at radius 3 is 2.70 bits per heavy atom. The lowest BCUT2D eigenvalue weighted by Gasteiger charge is -2.34. The summed E-state index contributed by atoms with van der Waals surface area (Å²) < 4.78 is 5.06. The summed E-state index contributed by atoms with van der Waals surface area (Å²) in [5, 5.41) is 20.1. The van der Waals surface area contributed by atoms with Crippen LogP contribution in [0.1, 0.15) is 33.6 Å². The lowest BCUT2D eigenvalue weighted by molar-refractivity contribution is -0.319. The molecule has 5 atom stereocenters. The molecule has 0 amide bonds. The van der Waals surface area contributed by atoms with Crippen molar-refractivity contribution in [3.05, 3.63) is 11.6 Å². The van der Waals surface area contributed by atoms with Crippen molar-refractivity contribution in [3.8, 4) is 0 Å². The van der Waals surface area contributed by atoms with Crippen LogP contribution in [0.3, 0.4) is 0 Å². The Labute approximate surface area is 118 Å². The third-order valence-corrected chi connectivity index (χ3v) is 5.33. The van der Waals surface area contributed by atoms with E-state index >= 15 is 0 Å². The zero-order valence-electron chi connectivity index (χ0n) is 12.1. The summed E-state index contributed by atoms with van der Waals surface area (Å²) in [7, 11) is 0. The number of aliphatic hydroxyl groups excluding tert-OH is 1. The third-order valence-electron chi connectivity index (χ3n) is 5.33. The third kappa shape index (κ3) is 1.91. The van der Waals surface area contributed by atoms with E-state index in [2.05, 4.69) is 13.8 Å². The van der Waals surface area contributed by atoms with Crippen LogP contribution in [0.15, 0.2) is 11.6 Å². The maximum atomic E-state index is 11.8. The SMILES string of the molecule is CC1(C)C[C@H]2[C@H](O)[C@H]3COC(=O)C3=C[C@](C)(OO)[C@H]2C1. The fraction of sp³-hybridized carbons (Fsp3) is 0.800. The molecule has 2 aliphatic carbocycles. The Bertz CT molecular complexity index is 469. The van der Waals surface area contributed by atoms with Gasteiger partial charge in [-0.1, -0.05) is 13.8 Å². The highest BCUT2D eigenvalue weighted by Crippen LogP contribution is 2.55. The van der Waals surface area contributed by atoms with Crippen LogP contribution in [0.5, 0.6) is 0 Å². The zero-order chi connectivity index (χ0) is 14.7. The Morgan fingerprint density at radius 1 is 1.35 bits per heavy atom. The Morgan fingerprint density at radius 2 is 2.05 bits per heavy atom. The van der Waals surface area contributed by atoms with E-state index in [1.807, 2.05) is 0 Å². The van der Waals surface area contributed by atoms with Gasteiger partial charge in [-0.05, 0) is 37.2 Å². The highest BCUT2D eigenvalue weighted by Gasteiger charge is 2.56. The van der Waals surface area contributed by atoms with E-state index in [1.54, 1.807) is 13.0 Å². The van der Waals surface area contributed by atoms with Crippen LogP contribution in [0.25, 0.3) is 0 Å². The molecule has 20 heavy (non-hydrogen) atoms. The van der Waals surface area contributed by atoms with Crippen molar-refractivity contribution in [1.82, 2.24) is 0 Å². The molecule has 0 aromatic heterocycles. The summed E-state index contributed by atoms with van der Waals surface area (Å²) in [6.07, 6.45) is 2.74. The first-order chi connectivity index (χ1) is 9.27. The maximum absolute atomic E-state index is 11.8. The van der Waals surface area contributed by atoms with E-state index in [0.717, 1.165) is 12.8 Å². The number of aliphatic hydroxyl groups is 1. The van der Waals surface area contributed by atoms with Crippen LogP contribution in [-0.2, 0) is 14.4 Å². The minimum absolute atomic E-state index is 0.00426. The fourth-order valence-corrected chi connectivity index (χ4v) is 4.34. The van der Waals surface area contributed by atoms with Gasteiger partial charge in [0.25, 0.3) is 0 Å². The summed E-state index contributed by atoms with van der Waals surface area (Å²) in [5.74, 6) is -0.726. The molecule has 0 unspecified atom stereocenters. The van der Waals surface area contributed by atoms with E-state index < -0.39 is 17.7 Å². The maximum Gasteiger partial charge on any atom is 0.334 e. The molecule has 0 spiro atoms. The first-order valence-corrected chi connectivity index (χ1v) is 7.18. The molecule has 1 saturated carbocycles. The van der Waals surface area contributed by atoms with Crippen LogP contribution in [0.4, 0.5) is 0 Å². The van der Waals surface area contributed by atoms with Crippen LogP contribution in [0.2, 0.25) is 0 Å². The van der Waals surface area contributed by atoms with Gasteiger partial charge in [-0.25, -0.2) is 9.68 Å². The van der Waals surface area contributed by atoms with Crippen LogP contribution in [0, 0.1) is 23.2 Å². The lowest BCUT2D eigenvalue weighted by atomic mass is 9.79. The predicted molar refractivity (Wildman–Crippen MR) is 70.7 cm³/mol. The van der Waals surface area contributed by atoms with E-state index in [-0.39, 0.29) is 29.8 Å². The molecular weight excluding hydrogens is 260 g/mol. The largest absolute Gasteiger partial charge is 0.462 e. The standard InChI is InChI=1S/C15H22O5/c1-14(2)4-9-11(6-14)15(3,20-18)5-8-10(12(9)16)7-19-13(8)17/h5,9-12,16,18H,4,6-7H2,1-3H3/t9-,10+,11+,12+,15+/m1/s1. The first-order valence-electron chi connectivity index (χ1n) is 7.18. The molecule has 1 aliphatic heterocycles. The van der Waals surface area contributed by atoms with Crippen LogP contribution in [-0.4, -0.2) is 34.6 Å². The molecule has 5 nitrogen and oxygen atoms in total. The second kappa shape index (κ2) is 4.29. The van der Waals surface area contributed by atoms with Gasteiger partial charge in [0.1, 0.15) is 12.2 Å². The van der Waals surface area contributed by atoms with E-state index in [4.69, 9.17) is 9.62 Å². The molecule has 5 heteroatoms. The average Bonchev–Trinajstić information content (AvgIpc) is 2.88. The van der Waals surface area contributed by atoms with Gasteiger partial charge in [0, 0.05) is 11.5 Å². The Balaban J connectivity index is 2.07. The monoisotopic (exact) mass is 282 g/mol. The smallest absolute Gasteiger partial charge is 0.334 e. The van der Waals surface area contributed by atoms with Gasteiger partial charge < -0.3 is 9.84 Å². The zero-order valence-corrected chi connectivity index (χ0v) is 12.1. The number of ether oxygens (including phenoxy) is 1. The molecule has 0 bridgehead atoms. The second-order valence-electron chi connectivity index (χ2n) is 7.41. The van der Waals surface area contributed by atoms with Gasteiger partial charge in [-0.15, -0.1) is 0 Å². The van der Waals surface area contributed by atoms with Gasteiger partial charge in [0.15, 0.2) is 0 Å². The van der Waals surface area contributed by atoms with E-state index in [9.17, 15) is 15.2 Å². The van der Waals surface area contributed by atoms with Gasteiger partial charge in [0.05, 0.1) is 12.0 Å². The average molecular weight is 282 g/mol. The van der Waals surface area contributed by atoms with Crippen molar-refractivity contribution in [2.75, 3.05) is 6.61 Å². The van der Waals surface area contributed by atoms with Gasteiger partial charge in [0.2, 0.25) is 0 Å². The molecule has 0 aromatic carbocycles. The summed E-state index contributed by atoms with van der Waals surface area (Å²) in [6.45, 7) is 6.32. The van der Waals surface area contributed by atoms with Crippen LogP contribution < -0.4 is 0 Å². The highest BCUT2D eigenvalue weighted by atomic mass is 17.1. The summed E-state index contributed by atoms with van der Waals surface area (Å²) >= 11 is 0. The van der Waals surface area contributed by atoms with Crippen molar-refractivity contribution in [3.63, 3.8) is 0 Å². The van der Waals surface area contributed by atoms with Crippen molar-refractivity contribution >= 4 is 5.97 Å². The summed E-state index contributed by atoms with van der Waals surface area (Å²) in [5.41, 5.74) is -0.418. The molecule has 2 N–H and O–H groups in total. The van der Waals surface area contributed by atoms with Crippen molar-refractivity contribution in [2.45, 2.75) is 45.3 Å². The predicted octanol–water partition coefficient (Wildman–Crippen LogP) is 1.76. The van der Waals surface area contributed by atoms with Gasteiger partial charge in [-0.2, -0.15) is 0 Å². The lowest BCUT2D eigenvalue weighted by Crippen LogP contribution is -2.40. The number of rotatable bonds is 1. The molecule has 0 radical (unpaired) electrons. The van der Waals surface area contributed by atoms with Gasteiger partial charge >= 0.3 is 5.97 Å². The Hall–Kier alpha value is -0.910. The number of carbonyl (C=O) groups is 1. The first kappa shape index (κ1) is 14.0. The quantitative estimate of drug-likeness (QED) is 0.435. The molecule has 1 heterocycles. The molecule has 112 valence electrons. The molecule has 3 aliphatic rings. The topological polar surface area (TPSA) is 76.0 Å². The summed E-state index contributed by atoms with van der Waals surface area (Å²) in [4.78, 5) is 16.6. The number of fused-ring (bicyclic) bond motifs is 2. The molecule has 2 fully saturated rings. The highest BCUT2D eigenvalue weighted by molar-refractivity contribution is 5.91. The van der Waals surface area contributed by atoms with E-state index in [0.29, 0.717) is 5.57 Å². The second-order valence-corrected chi connectivity index (χ2v) is 7.41. The Kier molecular flexibility index (Phi) is 3.01. The fourth-order valence-electron chi connectivity index (χ4n) is 4.34. The van der Waals surface area contributed by atoms with Gasteiger partial charge in [-0.3, -0.25) is 5.26 Å². The van der Waals surface area contributed by atoms with Crippen molar-refractivity contribution < 1.29 is 24.8 Å². The minimum atomic E-state index is -0.952. The molecular formula is C15H22O5. The number of cyclic esters (lactones) is 1.